The third-order valence-corrected chi connectivity index (χ3v) is 2.99. The Labute approximate surface area is 132 Å². The highest BCUT2D eigenvalue weighted by molar-refractivity contribution is 6.30. The highest BCUT2D eigenvalue weighted by atomic mass is 35.5. The number of carbonyl (C=O) groups is 2. The highest BCUT2D eigenvalue weighted by Crippen LogP contribution is 2.24. The van der Waals surface area contributed by atoms with Gasteiger partial charge in [-0.2, -0.15) is 0 Å². The number of carbonyl (C=O) groups excluding carboxylic acids is 2. The number of esters is 1. The minimum absolute atomic E-state index is 0.0764. The van der Waals surface area contributed by atoms with E-state index in [1.54, 1.807) is 36.4 Å². The molecule has 0 unspecified atom stereocenters. The molecule has 114 valence electrons. The molecular weight excluding hydrogens is 308 g/mol. The summed E-state index contributed by atoms with van der Waals surface area (Å²) in [6, 6.07) is 12.5. The van der Waals surface area contributed by atoms with E-state index in [0.29, 0.717) is 10.6 Å². The number of ketones is 1. The molecule has 5 nitrogen and oxygen atoms in total. The molecule has 22 heavy (non-hydrogen) atoms. The molecule has 0 aliphatic heterocycles. The minimum atomic E-state index is -0.703. The predicted molar refractivity (Wildman–Crippen MR) is 80.3 cm³/mol. The lowest BCUT2D eigenvalue weighted by Gasteiger charge is -2.08. The quantitative estimate of drug-likeness (QED) is 0.654. The van der Waals surface area contributed by atoms with Gasteiger partial charge in [-0.05, 0) is 36.4 Å². The average Bonchev–Trinajstić information content (AvgIpc) is 2.52. The number of hydrogen-bond acceptors (Lipinski definition) is 5. The SMILES string of the molecule is O=C(COc1ccccc1O)OCC(=O)c1ccc(Cl)cc1. The molecule has 0 saturated carbocycles. The van der Waals surface area contributed by atoms with Crippen molar-refractivity contribution in [2.24, 2.45) is 0 Å². The molecule has 2 aromatic rings. The van der Waals surface area contributed by atoms with Gasteiger partial charge in [0.25, 0.3) is 0 Å². The van der Waals surface area contributed by atoms with Crippen molar-refractivity contribution < 1.29 is 24.2 Å². The van der Waals surface area contributed by atoms with Gasteiger partial charge in [0, 0.05) is 10.6 Å². The van der Waals surface area contributed by atoms with Gasteiger partial charge in [-0.1, -0.05) is 23.7 Å². The minimum Gasteiger partial charge on any atom is -0.504 e. The van der Waals surface area contributed by atoms with Crippen LogP contribution in [-0.4, -0.2) is 30.1 Å². The van der Waals surface area contributed by atoms with Gasteiger partial charge >= 0.3 is 5.97 Å². The van der Waals surface area contributed by atoms with Crippen molar-refractivity contribution in [3.8, 4) is 11.5 Å². The molecule has 2 rings (SSSR count). The standard InChI is InChI=1S/C16H13ClO5/c17-12-7-5-11(6-8-12)14(19)9-22-16(20)10-21-15-4-2-1-3-13(15)18/h1-8,18H,9-10H2. The normalized spacial score (nSPS) is 10.0. The topological polar surface area (TPSA) is 72.8 Å². The zero-order valence-corrected chi connectivity index (χ0v) is 12.2. The van der Waals surface area contributed by atoms with Crippen LogP contribution in [0.3, 0.4) is 0 Å². The molecule has 0 radical (unpaired) electrons. The second-order valence-electron chi connectivity index (χ2n) is 4.35. The number of ether oxygens (including phenoxy) is 2. The van der Waals surface area contributed by atoms with E-state index >= 15 is 0 Å². The molecule has 0 heterocycles. The molecule has 6 heteroatoms. The van der Waals surface area contributed by atoms with Crippen molar-refractivity contribution in [2.75, 3.05) is 13.2 Å². The van der Waals surface area contributed by atoms with Gasteiger partial charge in [0.1, 0.15) is 0 Å². The number of halogens is 1. The first kappa shape index (κ1) is 15.9. The van der Waals surface area contributed by atoms with Crippen molar-refractivity contribution in [3.05, 3.63) is 59.1 Å². The van der Waals surface area contributed by atoms with Gasteiger partial charge in [-0.3, -0.25) is 4.79 Å². The molecule has 0 aliphatic rings. The lowest BCUT2D eigenvalue weighted by Crippen LogP contribution is -2.19. The first-order valence-electron chi connectivity index (χ1n) is 6.41. The van der Waals surface area contributed by atoms with Crippen molar-refractivity contribution in [1.82, 2.24) is 0 Å². The first-order valence-corrected chi connectivity index (χ1v) is 6.79. The van der Waals surface area contributed by atoms with Crippen molar-refractivity contribution in [1.29, 1.82) is 0 Å². The van der Waals surface area contributed by atoms with Crippen LogP contribution in [0.1, 0.15) is 10.4 Å². The van der Waals surface area contributed by atoms with Crippen LogP contribution in [0.15, 0.2) is 48.5 Å². The Bertz CT molecular complexity index is 666. The summed E-state index contributed by atoms with van der Waals surface area (Å²) in [6.45, 7) is -0.782. The number of Topliss-reactive ketones (excluding diaryl/α,β-unsaturated/α-hetero) is 1. The lowest BCUT2D eigenvalue weighted by atomic mass is 10.1. The Hall–Kier alpha value is -2.53. The molecule has 0 spiro atoms. The fraction of sp³-hybridized carbons (Fsp3) is 0.125. The summed E-state index contributed by atoms with van der Waals surface area (Å²) in [6.07, 6.45) is 0. The molecule has 0 bridgehead atoms. The van der Waals surface area contributed by atoms with Crippen LogP contribution in [0.2, 0.25) is 5.02 Å². The van der Waals surface area contributed by atoms with E-state index in [0.717, 1.165) is 0 Å². The maximum Gasteiger partial charge on any atom is 0.344 e. The summed E-state index contributed by atoms with van der Waals surface area (Å²) in [5.41, 5.74) is 0.402. The first-order chi connectivity index (χ1) is 10.6. The van der Waals surface area contributed by atoms with Crippen LogP contribution in [-0.2, 0) is 9.53 Å². The van der Waals surface area contributed by atoms with E-state index in [-0.39, 0.29) is 23.9 Å². The summed E-state index contributed by atoms with van der Waals surface area (Å²) in [5, 5.41) is 9.99. The van der Waals surface area contributed by atoms with Gasteiger partial charge in [-0.15, -0.1) is 0 Å². The van der Waals surface area contributed by atoms with Crippen LogP contribution in [0, 0.1) is 0 Å². The van der Waals surface area contributed by atoms with Gasteiger partial charge in [0.2, 0.25) is 0 Å². The number of hydrogen-bond donors (Lipinski definition) is 1. The number of phenols is 1. The van der Waals surface area contributed by atoms with Crippen molar-refractivity contribution in [2.45, 2.75) is 0 Å². The van der Waals surface area contributed by atoms with E-state index < -0.39 is 12.6 Å². The largest absolute Gasteiger partial charge is 0.504 e. The van der Waals surface area contributed by atoms with Gasteiger partial charge in [0.15, 0.2) is 30.5 Å². The molecule has 0 aliphatic carbocycles. The molecule has 0 aromatic heterocycles. The monoisotopic (exact) mass is 320 g/mol. The van der Waals surface area contributed by atoms with Crippen LogP contribution >= 0.6 is 11.6 Å². The third-order valence-electron chi connectivity index (χ3n) is 2.74. The molecule has 0 amide bonds. The summed E-state index contributed by atoms with van der Waals surface area (Å²) in [4.78, 5) is 23.3. The fourth-order valence-electron chi connectivity index (χ4n) is 1.62. The Morgan fingerprint density at radius 3 is 2.36 bits per heavy atom. The van der Waals surface area contributed by atoms with Crippen LogP contribution < -0.4 is 4.74 Å². The van der Waals surface area contributed by atoms with Crippen LogP contribution in [0.5, 0.6) is 11.5 Å². The summed E-state index contributed by atoms with van der Waals surface area (Å²) < 4.78 is 9.92. The highest BCUT2D eigenvalue weighted by Gasteiger charge is 2.11. The fourth-order valence-corrected chi connectivity index (χ4v) is 1.75. The molecule has 0 fully saturated rings. The van der Waals surface area contributed by atoms with E-state index in [4.69, 9.17) is 21.1 Å². The second kappa shape index (κ2) is 7.47. The number of phenolic OH excluding ortho intramolecular Hbond substituents is 1. The Morgan fingerprint density at radius 2 is 1.68 bits per heavy atom. The Balaban J connectivity index is 1.79. The number of rotatable bonds is 6. The van der Waals surface area contributed by atoms with Gasteiger partial charge in [-0.25, -0.2) is 4.79 Å². The van der Waals surface area contributed by atoms with E-state index in [1.807, 2.05) is 0 Å². The van der Waals surface area contributed by atoms with Crippen molar-refractivity contribution >= 4 is 23.4 Å². The predicted octanol–water partition coefficient (Wildman–Crippen LogP) is 2.85. The Morgan fingerprint density at radius 1 is 1.00 bits per heavy atom. The van der Waals surface area contributed by atoms with E-state index in [2.05, 4.69) is 0 Å². The lowest BCUT2D eigenvalue weighted by molar-refractivity contribution is -0.144. The number of para-hydroxylation sites is 2. The summed E-state index contributed by atoms with van der Waals surface area (Å²) >= 11 is 5.72. The molecular formula is C16H13ClO5. The summed E-state index contributed by atoms with van der Waals surface area (Å²) in [5.74, 6) is -0.950. The van der Waals surface area contributed by atoms with Gasteiger partial charge in [0.05, 0.1) is 0 Å². The molecule has 0 saturated heterocycles. The van der Waals surface area contributed by atoms with Gasteiger partial charge < -0.3 is 14.6 Å². The van der Waals surface area contributed by atoms with E-state index in [9.17, 15) is 14.7 Å². The molecule has 0 atom stereocenters. The van der Waals surface area contributed by atoms with E-state index in [1.165, 1.54) is 12.1 Å². The maximum absolute atomic E-state index is 11.8. The van der Waals surface area contributed by atoms with Crippen molar-refractivity contribution in [3.63, 3.8) is 0 Å². The number of benzene rings is 2. The average molecular weight is 321 g/mol. The second-order valence-corrected chi connectivity index (χ2v) is 4.78. The zero-order chi connectivity index (χ0) is 15.9. The van der Waals surface area contributed by atoms with Crippen LogP contribution in [0.4, 0.5) is 0 Å². The maximum atomic E-state index is 11.8. The molecule has 1 N–H and O–H groups in total. The third kappa shape index (κ3) is 4.49. The Kier molecular flexibility index (Phi) is 5.38. The zero-order valence-electron chi connectivity index (χ0n) is 11.5. The summed E-state index contributed by atoms with van der Waals surface area (Å²) in [7, 11) is 0. The smallest absolute Gasteiger partial charge is 0.344 e. The molecule has 2 aromatic carbocycles. The van der Waals surface area contributed by atoms with Crippen LogP contribution in [0.25, 0.3) is 0 Å². The number of aromatic hydroxyl groups is 1.